The van der Waals surface area contributed by atoms with Crippen LogP contribution in [0.2, 0.25) is 0 Å². The molecule has 6 heteroatoms. The number of allylic oxidation sites excluding steroid dienone is 16. The van der Waals surface area contributed by atoms with Crippen LogP contribution in [-0.4, -0.2) is 37.2 Å². The number of ether oxygens (including phenoxy) is 3. The minimum Gasteiger partial charge on any atom is -0.462 e. The summed E-state index contributed by atoms with van der Waals surface area (Å²) in [4.78, 5) is 38.1. The van der Waals surface area contributed by atoms with E-state index in [0.29, 0.717) is 19.3 Å². The van der Waals surface area contributed by atoms with Crippen molar-refractivity contribution in [3.05, 3.63) is 97.2 Å². The molecule has 0 aliphatic carbocycles. The SMILES string of the molecule is CCCCC/C=C\C/C=C\C/C=C\C/C=C\CCCC(=O)OC[C@H](COC(=O)CCCCCCCCCCC/C=C\CCCCCCCC)OC(=O)CCCC/C=C\C/C=C\C/C=C\CCCCC. The summed E-state index contributed by atoms with van der Waals surface area (Å²) in [5.41, 5.74) is 0. The molecule has 0 unspecified atom stereocenters. The molecule has 0 heterocycles. The second kappa shape index (κ2) is 56.9. The van der Waals surface area contributed by atoms with Crippen LogP contribution in [0.15, 0.2) is 97.2 Å². The molecule has 0 aliphatic rings. The van der Waals surface area contributed by atoms with Gasteiger partial charge in [-0.05, 0) is 122 Å². The lowest BCUT2D eigenvalue weighted by Crippen LogP contribution is -2.30. The molecule has 0 radical (unpaired) electrons. The molecule has 0 aromatic carbocycles. The Morgan fingerprint density at radius 1 is 0.290 bits per heavy atom. The zero-order valence-electron chi connectivity index (χ0n) is 45.0. The van der Waals surface area contributed by atoms with Crippen molar-refractivity contribution in [3.8, 4) is 0 Å². The summed E-state index contributed by atoms with van der Waals surface area (Å²) in [6, 6.07) is 0. The maximum absolute atomic E-state index is 12.8. The number of carbonyl (C=O) groups is 3. The normalized spacial score (nSPS) is 12.8. The van der Waals surface area contributed by atoms with E-state index in [1.54, 1.807) is 0 Å². The fraction of sp³-hybridized carbons (Fsp3) is 0.698. The van der Waals surface area contributed by atoms with E-state index in [4.69, 9.17) is 14.2 Å². The first-order chi connectivity index (χ1) is 34.0. The maximum Gasteiger partial charge on any atom is 0.306 e. The van der Waals surface area contributed by atoms with Crippen molar-refractivity contribution in [2.75, 3.05) is 13.2 Å². The zero-order valence-corrected chi connectivity index (χ0v) is 45.0. The lowest BCUT2D eigenvalue weighted by molar-refractivity contribution is -0.167. The van der Waals surface area contributed by atoms with Crippen LogP contribution in [0, 0.1) is 0 Å². The van der Waals surface area contributed by atoms with Crippen LogP contribution in [0.3, 0.4) is 0 Å². The van der Waals surface area contributed by atoms with Gasteiger partial charge in [-0.3, -0.25) is 14.4 Å². The molecule has 0 saturated carbocycles. The first-order valence-electron chi connectivity index (χ1n) is 28.7. The van der Waals surface area contributed by atoms with Gasteiger partial charge < -0.3 is 14.2 Å². The zero-order chi connectivity index (χ0) is 50.0. The van der Waals surface area contributed by atoms with Gasteiger partial charge in [0.2, 0.25) is 0 Å². The topological polar surface area (TPSA) is 78.9 Å². The van der Waals surface area contributed by atoms with Crippen molar-refractivity contribution in [1.82, 2.24) is 0 Å². The summed E-state index contributed by atoms with van der Waals surface area (Å²) < 4.78 is 16.8. The smallest absolute Gasteiger partial charge is 0.306 e. The van der Waals surface area contributed by atoms with Gasteiger partial charge in [0, 0.05) is 19.3 Å². The Morgan fingerprint density at radius 2 is 0.536 bits per heavy atom. The van der Waals surface area contributed by atoms with Crippen LogP contribution < -0.4 is 0 Å². The van der Waals surface area contributed by atoms with Gasteiger partial charge >= 0.3 is 17.9 Å². The third-order valence-electron chi connectivity index (χ3n) is 12.0. The Bertz CT molecular complexity index is 1380. The molecule has 0 aliphatic heterocycles. The van der Waals surface area contributed by atoms with Gasteiger partial charge in [0.1, 0.15) is 13.2 Å². The molecule has 1 atom stereocenters. The summed E-state index contributed by atoms with van der Waals surface area (Å²) in [6.45, 7) is 6.50. The van der Waals surface area contributed by atoms with Crippen molar-refractivity contribution in [1.29, 1.82) is 0 Å². The number of unbranched alkanes of at least 4 members (excludes halogenated alkanes) is 24. The Hall–Kier alpha value is -3.67. The summed E-state index contributed by atoms with van der Waals surface area (Å²) in [5, 5.41) is 0. The van der Waals surface area contributed by atoms with Gasteiger partial charge in [-0.2, -0.15) is 0 Å². The van der Waals surface area contributed by atoms with Gasteiger partial charge in [-0.25, -0.2) is 0 Å². The predicted molar refractivity (Wildman–Crippen MR) is 297 cm³/mol. The summed E-state index contributed by atoms with van der Waals surface area (Å²) in [6.07, 6.45) is 75.4. The van der Waals surface area contributed by atoms with E-state index in [1.165, 1.54) is 141 Å². The fourth-order valence-electron chi connectivity index (χ4n) is 7.67. The highest BCUT2D eigenvalue weighted by atomic mass is 16.6. The highest BCUT2D eigenvalue weighted by Gasteiger charge is 2.19. The van der Waals surface area contributed by atoms with E-state index >= 15 is 0 Å². The van der Waals surface area contributed by atoms with Gasteiger partial charge in [0.15, 0.2) is 6.10 Å². The number of hydrogen-bond donors (Lipinski definition) is 0. The summed E-state index contributed by atoms with van der Waals surface area (Å²) in [5.74, 6) is -1.01. The standard InChI is InChI=1S/C63H106O6/c1-4-7-10-13-16-19-22-25-28-30-31-33-36-38-41-44-47-50-53-56-62(65)68-59-60(69-63(66)57-54-51-48-45-42-39-34-27-24-21-18-15-12-9-6-3)58-67-61(64)55-52-49-46-43-40-37-35-32-29-26-23-20-17-14-11-8-5-2/h17-18,20-21,25-29,34-35,37,42-43,45-46,60H,4-16,19,22-24,30-33,36,38-41,44,47-59H2,1-3H3/b20-17-,21-18-,28-25-,29-26-,34-27-,37-35-,45-42-,46-43-/t60-/m1/s1. The molecule has 0 aromatic heterocycles. The maximum atomic E-state index is 12.8. The van der Waals surface area contributed by atoms with Crippen molar-refractivity contribution in [2.45, 2.75) is 271 Å². The number of esters is 3. The quantitative estimate of drug-likeness (QED) is 0.0262. The second-order valence-electron chi connectivity index (χ2n) is 18.8. The predicted octanol–water partition coefficient (Wildman–Crippen LogP) is 19.3. The largest absolute Gasteiger partial charge is 0.462 e. The average Bonchev–Trinajstić information content (AvgIpc) is 3.35. The number of rotatable bonds is 51. The highest BCUT2D eigenvalue weighted by molar-refractivity contribution is 5.71. The molecule has 394 valence electrons. The van der Waals surface area contributed by atoms with Crippen LogP contribution in [0.5, 0.6) is 0 Å². The number of hydrogen-bond acceptors (Lipinski definition) is 6. The van der Waals surface area contributed by atoms with Gasteiger partial charge in [-0.15, -0.1) is 0 Å². The third-order valence-corrected chi connectivity index (χ3v) is 12.0. The molecular formula is C63H106O6. The van der Waals surface area contributed by atoms with Crippen molar-refractivity contribution < 1.29 is 28.6 Å². The Labute approximate surface area is 426 Å². The molecule has 69 heavy (non-hydrogen) atoms. The molecule has 0 fully saturated rings. The molecule has 0 spiro atoms. The summed E-state index contributed by atoms with van der Waals surface area (Å²) in [7, 11) is 0. The molecule has 0 amide bonds. The van der Waals surface area contributed by atoms with E-state index in [0.717, 1.165) is 70.6 Å². The minimum atomic E-state index is -0.821. The molecule has 0 bridgehead atoms. The molecule has 0 N–H and O–H groups in total. The van der Waals surface area contributed by atoms with Crippen molar-refractivity contribution in [2.24, 2.45) is 0 Å². The van der Waals surface area contributed by atoms with Crippen molar-refractivity contribution >= 4 is 17.9 Å². The van der Waals surface area contributed by atoms with Gasteiger partial charge in [0.25, 0.3) is 0 Å². The van der Waals surface area contributed by atoms with E-state index in [2.05, 4.69) is 118 Å². The monoisotopic (exact) mass is 959 g/mol. The van der Waals surface area contributed by atoms with Crippen LogP contribution >= 0.6 is 0 Å². The molecule has 0 saturated heterocycles. The third kappa shape index (κ3) is 55.1. The van der Waals surface area contributed by atoms with Gasteiger partial charge in [0.05, 0.1) is 0 Å². The van der Waals surface area contributed by atoms with E-state index in [-0.39, 0.29) is 44.0 Å². The Morgan fingerprint density at radius 3 is 0.942 bits per heavy atom. The van der Waals surface area contributed by atoms with E-state index in [1.807, 2.05) is 0 Å². The second-order valence-corrected chi connectivity index (χ2v) is 18.8. The number of carbonyl (C=O) groups excluding carboxylic acids is 3. The molecule has 6 nitrogen and oxygen atoms in total. The molecular weight excluding hydrogens is 853 g/mol. The lowest BCUT2D eigenvalue weighted by Gasteiger charge is -2.18. The van der Waals surface area contributed by atoms with Gasteiger partial charge in [-0.1, -0.05) is 221 Å². The van der Waals surface area contributed by atoms with Crippen LogP contribution in [-0.2, 0) is 28.6 Å². The average molecular weight is 960 g/mol. The van der Waals surface area contributed by atoms with E-state index in [9.17, 15) is 14.4 Å². The first kappa shape index (κ1) is 65.3. The fourth-order valence-corrected chi connectivity index (χ4v) is 7.67. The van der Waals surface area contributed by atoms with Crippen LogP contribution in [0.4, 0.5) is 0 Å². The molecule has 0 rings (SSSR count). The summed E-state index contributed by atoms with van der Waals surface area (Å²) >= 11 is 0. The first-order valence-corrected chi connectivity index (χ1v) is 28.7. The molecule has 0 aromatic rings. The Balaban J connectivity index is 4.50. The van der Waals surface area contributed by atoms with Crippen LogP contribution in [0.25, 0.3) is 0 Å². The Kier molecular flexibility index (Phi) is 53.9. The lowest BCUT2D eigenvalue weighted by atomic mass is 10.1. The highest BCUT2D eigenvalue weighted by Crippen LogP contribution is 2.14. The van der Waals surface area contributed by atoms with Crippen molar-refractivity contribution in [3.63, 3.8) is 0 Å². The van der Waals surface area contributed by atoms with E-state index < -0.39 is 6.10 Å². The minimum absolute atomic E-state index is 0.111. The van der Waals surface area contributed by atoms with Crippen LogP contribution in [0.1, 0.15) is 265 Å².